The van der Waals surface area contributed by atoms with Crippen molar-refractivity contribution in [2.45, 2.75) is 13.8 Å². The second-order valence-electron chi connectivity index (χ2n) is 6.14. The third-order valence-electron chi connectivity index (χ3n) is 4.36. The highest BCUT2D eigenvalue weighted by Gasteiger charge is 2.21. The highest BCUT2D eigenvalue weighted by molar-refractivity contribution is 9.10. The summed E-state index contributed by atoms with van der Waals surface area (Å²) in [5.74, 6) is 0. The summed E-state index contributed by atoms with van der Waals surface area (Å²) in [6.45, 7) is 3.84. The van der Waals surface area contributed by atoms with Crippen molar-refractivity contribution in [2.24, 2.45) is 0 Å². The number of nitrogens with one attached hydrogen (secondary N) is 2. The number of rotatable bonds is 2. The number of aromatic nitrogens is 2. The molecule has 0 bridgehead atoms. The SMILES string of the molecule is CC1=c2c(C)nc(=O)[nH]c2=C(c2ccc(Br)cc2)N(c2ccccc2)N1. The number of para-hydroxylation sites is 1. The number of hydrogen-bond acceptors (Lipinski definition) is 4. The molecule has 26 heavy (non-hydrogen) atoms. The van der Waals surface area contributed by atoms with E-state index in [1.54, 1.807) is 0 Å². The van der Waals surface area contributed by atoms with Gasteiger partial charge in [-0.3, -0.25) is 10.4 Å². The topological polar surface area (TPSA) is 61.0 Å². The van der Waals surface area contributed by atoms with Crippen molar-refractivity contribution < 1.29 is 0 Å². The molecule has 1 aliphatic rings. The Balaban J connectivity index is 2.13. The van der Waals surface area contributed by atoms with Crippen molar-refractivity contribution in [3.8, 4) is 0 Å². The number of hydrazine groups is 1. The zero-order valence-electron chi connectivity index (χ0n) is 14.4. The Kier molecular flexibility index (Phi) is 4.12. The quantitative estimate of drug-likeness (QED) is 0.681. The zero-order valence-corrected chi connectivity index (χ0v) is 16.0. The van der Waals surface area contributed by atoms with Crippen LogP contribution in [0.15, 0.2) is 63.9 Å². The summed E-state index contributed by atoms with van der Waals surface area (Å²) in [7, 11) is 0. The van der Waals surface area contributed by atoms with Gasteiger partial charge in [0.05, 0.1) is 22.4 Å². The third kappa shape index (κ3) is 2.82. The lowest BCUT2D eigenvalue weighted by Crippen LogP contribution is -2.53. The first kappa shape index (κ1) is 16.6. The Morgan fingerprint density at radius 3 is 2.38 bits per heavy atom. The second-order valence-corrected chi connectivity index (χ2v) is 7.06. The molecule has 5 nitrogen and oxygen atoms in total. The number of benzene rings is 2. The first-order valence-corrected chi connectivity index (χ1v) is 9.04. The number of fused-ring (bicyclic) bond motifs is 1. The van der Waals surface area contributed by atoms with Crippen molar-refractivity contribution in [1.82, 2.24) is 15.4 Å². The molecular weight excluding hydrogens is 392 g/mol. The molecule has 2 heterocycles. The van der Waals surface area contributed by atoms with Gasteiger partial charge in [-0.25, -0.2) is 4.79 Å². The molecule has 0 amide bonds. The molecule has 1 aromatic heterocycles. The Labute approximate surface area is 158 Å². The van der Waals surface area contributed by atoms with Gasteiger partial charge in [0.25, 0.3) is 0 Å². The molecular formula is C20H17BrN4O. The van der Waals surface area contributed by atoms with Crippen molar-refractivity contribution in [1.29, 1.82) is 0 Å². The molecule has 0 saturated heterocycles. The fraction of sp³-hybridized carbons (Fsp3) is 0.100. The van der Waals surface area contributed by atoms with Crippen molar-refractivity contribution in [3.05, 3.63) is 91.4 Å². The molecule has 6 heteroatoms. The third-order valence-corrected chi connectivity index (χ3v) is 4.89. The number of halogens is 1. The highest BCUT2D eigenvalue weighted by atomic mass is 79.9. The van der Waals surface area contributed by atoms with Crippen LogP contribution in [-0.4, -0.2) is 9.97 Å². The molecule has 0 saturated carbocycles. The summed E-state index contributed by atoms with van der Waals surface area (Å²) >= 11 is 3.48. The Bertz CT molecular complexity index is 1150. The van der Waals surface area contributed by atoms with E-state index in [9.17, 15) is 4.79 Å². The van der Waals surface area contributed by atoms with Gasteiger partial charge in [0.2, 0.25) is 0 Å². The Morgan fingerprint density at radius 1 is 1.00 bits per heavy atom. The summed E-state index contributed by atoms with van der Waals surface area (Å²) in [6, 6.07) is 18.0. The normalized spacial score (nSPS) is 13.4. The van der Waals surface area contributed by atoms with Crippen LogP contribution in [0.5, 0.6) is 0 Å². The monoisotopic (exact) mass is 408 g/mol. The van der Waals surface area contributed by atoms with E-state index in [-0.39, 0.29) is 5.69 Å². The number of hydrogen-bond donors (Lipinski definition) is 2. The van der Waals surface area contributed by atoms with Gasteiger partial charge in [-0.15, -0.1) is 0 Å². The molecule has 0 unspecified atom stereocenters. The number of H-pyrrole nitrogens is 1. The predicted octanol–water partition coefficient (Wildman–Crippen LogP) is 2.15. The molecule has 1 aliphatic heterocycles. The van der Waals surface area contributed by atoms with E-state index in [1.807, 2.05) is 73.5 Å². The van der Waals surface area contributed by atoms with Gasteiger partial charge in [-0.2, -0.15) is 4.98 Å². The fourth-order valence-electron chi connectivity index (χ4n) is 3.27. The van der Waals surface area contributed by atoms with Crippen LogP contribution in [0.25, 0.3) is 11.4 Å². The van der Waals surface area contributed by atoms with E-state index in [1.165, 1.54) is 0 Å². The van der Waals surface area contributed by atoms with Crippen LogP contribution in [0.2, 0.25) is 0 Å². The molecule has 0 spiro atoms. The van der Waals surface area contributed by atoms with Crippen LogP contribution >= 0.6 is 15.9 Å². The van der Waals surface area contributed by atoms with E-state index in [4.69, 9.17) is 0 Å². The average Bonchev–Trinajstić information content (AvgIpc) is 2.62. The van der Waals surface area contributed by atoms with E-state index in [0.717, 1.165) is 37.7 Å². The van der Waals surface area contributed by atoms with E-state index in [2.05, 4.69) is 31.3 Å². The molecule has 0 atom stereocenters. The van der Waals surface area contributed by atoms with Gasteiger partial charge >= 0.3 is 5.69 Å². The number of anilines is 1. The minimum atomic E-state index is -0.349. The predicted molar refractivity (Wildman–Crippen MR) is 107 cm³/mol. The molecule has 0 aliphatic carbocycles. The zero-order chi connectivity index (χ0) is 18.3. The molecule has 0 radical (unpaired) electrons. The summed E-state index contributed by atoms with van der Waals surface area (Å²) in [5.41, 5.74) is 7.59. The van der Waals surface area contributed by atoms with Crippen LogP contribution in [0.4, 0.5) is 5.69 Å². The number of nitrogens with zero attached hydrogens (tertiary/aromatic N) is 2. The maximum atomic E-state index is 12.1. The standard InChI is InChI=1S/C20H17BrN4O/c1-12-17-13(2)24-25(16-6-4-3-5-7-16)19(18(17)23-20(26)22-12)14-8-10-15(21)11-9-14/h3-11,24H,1-2H3,(H,23,26). The number of aromatic amines is 1. The van der Waals surface area contributed by atoms with Crippen molar-refractivity contribution in [2.75, 3.05) is 5.01 Å². The summed E-state index contributed by atoms with van der Waals surface area (Å²) < 4.78 is 0.999. The largest absolute Gasteiger partial charge is 0.345 e. The van der Waals surface area contributed by atoms with Crippen molar-refractivity contribution >= 4 is 33.0 Å². The van der Waals surface area contributed by atoms with Gasteiger partial charge in [-0.05, 0) is 38.1 Å². The van der Waals surface area contributed by atoms with Crippen LogP contribution in [-0.2, 0) is 0 Å². The average molecular weight is 409 g/mol. The van der Waals surface area contributed by atoms with E-state index in [0.29, 0.717) is 5.69 Å². The fourth-order valence-corrected chi connectivity index (χ4v) is 3.53. The van der Waals surface area contributed by atoms with Gasteiger partial charge in [0.1, 0.15) is 0 Å². The highest BCUT2D eigenvalue weighted by Crippen LogP contribution is 2.25. The molecule has 2 N–H and O–H groups in total. The van der Waals surface area contributed by atoms with Gasteiger partial charge in [0.15, 0.2) is 0 Å². The number of aryl methyl sites for hydroxylation is 1. The van der Waals surface area contributed by atoms with Gasteiger partial charge in [0, 0.05) is 21.0 Å². The first-order valence-electron chi connectivity index (χ1n) is 8.24. The van der Waals surface area contributed by atoms with Crippen LogP contribution in [0, 0.1) is 6.92 Å². The molecule has 3 aromatic rings. The summed E-state index contributed by atoms with van der Waals surface area (Å²) in [4.78, 5) is 19.1. The lowest BCUT2D eigenvalue weighted by Gasteiger charge is -2.32. The summed E-state index contributed by atoms with van der Waals surface area (Å²) in [6.07, 6.45) is 0. The maximum absolute atomic E-state index is 12.1. The van der Waals surface area contributed by atoms with Crippen LogP contribution in [0.3, 0.4) is 0 Å². The minimum absolute atomic E-state index is 0.349. The van der Waals surface area contributed by atoms with E-state index < -0.39 is 0 Å². The minimum Gasteiger partial charge on any atom is -0.303 e. The van der Waals surface area contributed by atoms with Gasteiger partial charge in [-0.1, -0.05) is 46.3 Å². The lowest BCUT2D eigenvalue weighted by atomic mass is 10.1. The molecule has 2 aromatic carbocycles. The Morgan fingerprint density at radius 2 is 1.69 bits per heavy atom. The molecule has 130 valence electrons. The van der Waals surface area contributed by atoms with Crippen LogP contribution in [0.1, 0.15) is 18.2 Å². The first-order chi connectivity index (χ1) is 12.5. The van der Waals surface area contributed by atoms with E-state index >= 15 is 0 Å². The summed E-state index contributed by atoms with van der Waals surface area (Å²) in [5, 5.41) is 3.69. The maximum Gasteiger partial charge on any atom is 0.345 e. The molecule has 0 fully saturated rings. The lowest BCUT2D eigenvalue weighted by molar-refractivity contribution is 0.845. The van der Waals surface area contributed by atoms with Crippen LogP contribution < -0.4 is 26.7 Å². The van der Waals surface area contributed by atoms with Gasteiger partial charge < -0.3 is 4.98 Å². The smallest absolute Gasteiger partial charge is 0.303 e. The second kappa shape index (κ2) is 6.46. The van der Waals surface area contributed by atoms with Crippen molar-refractivity contribution in [3.63, 3.8) is 0 Å². The Hall–Kier alpha value is -2.86. The molecule has 4 rings (SSSR count).